The van der Waals surface area contributed by atoms with Gasteiger partial charge in [-0.3, -0.25) is 23.5 Å². The molecule has 0 bridgehead atoms. The molecular formula is C30H35BrN6O9S2. The molecule has 48 heavy (non-hydrogen) atoms. The molecule has 3 aliphatic rings. The van der Waals surface area contributed by atoms with Crippen LogP contribution in [0.25, 0.3) is 5.00 Å². The summed E-state index contributed by atoms with van der Waals surface area (Å²) in [7, 11) is 2.73. The van der Waals surface area contributed by atoms with Crippen LogP contribution in [0.2, 0.25) is 0 Å². The Kier molecular flexibility index (Phi) is 9.93. The second-order valence-corrected chi connectivity index (χ2v) is 15.0. The second kappa shape index (κ2) is 13.4. The molecule has 0 radical (unpaired) electrons. The average Bonchev–Trinajstić information content (AvgIpc) is 3.89. The number of hydrogen-bond donors (Lipinski definition) is 3. The number of carbonyl (C=O) groups is 4. The van der Waals surface area contributed by atoms with Gasteiger partial charge in [-0.05, 0) is 69.4 Å². The van der Waals surface area contributed by atoms with Crippen molar-refractivity contribution in [3.63, 3.8) is 0 Å². The maximum atomic E-state index is 12.4. The fourth-order valence-corrected chi connectivity index (χ4v) is 10.3. The molecule has 0 saturated carbocycles. The van der Waals surface area contributed by atoms with E-state index in [9.17, 15) is 34.5 Å². The van der Waals surface area contributed by atoms with E-state index < -0.39 is 34.1 Å². The monoisotopic (exact) mass is 766 g/mol. The molecule has 0 fully saturated rings. The molecule has 0 amide bonds. The van der Waals surface area contributed by atoms with Gasteiger partial charge in [0.05, 0.1) is 36.4 Å². The molecule has 3 N–H and O–H groups in total. The van der Waals surface area contributed by atoms with Crippen LogP contribution in [-0.2, 0) is 48.6 Å². The molecule has 3 aromatic rings. The summed E-state index contributed by atoms with van der Waals surface area (Å²) in [6.07, 6.45) is 1.58. The van der Waals surface area contributed by atoms with Gasteiger partial charge in [0.15, 0.2) is 5.82 Å². The molecule has 4 unspecified atom stereocenters. The number of carboxylic acids is 2. The number of carbonyl (C=O) groups excluding carboxylic acids is 2. The van der Waals surface area contributed by atoms with Crippen LogP contribution >= 0.6 is 39.0 Å². The Morgan fingerprint density at radius 1 is 0.958 bits per heavy atom. The highest BCUT2D eigenvalue weighted by atomic mass is 79.9. The smallest absolute Gasteiger partial charge is 0.341 e. The fourth-order valence-electron chi connectivity index (χ4n) is 6.50. The van der Waals surface area contributed by atoms with Crippen molar-refractivity contribution in [2.75, 3.05) is 14.2 Å². The van der Waals surface area contributed by atoms with Crippen molar-refractivity contribution in [1.29, 1.82) is 0 Å². The lowest BCUT2D eigenvalue weighted by Crippen LogP contribution is -2.38. The molecule has 1 aliphatic heterocycles. The Morgan fingerprint density at radius 3 is 2.21 bits per heavy atom. The van der Waals surface area contributed by atoms with Gasteiger partial charge in [0, 0.05) is 4.88 Å². The number of nitrogens with zero attached hydrogens (tertiary/aromatic N) is 6. The molecule has 4 atom stereocenters. The maximum Gasteiger partial charge on any atom is 0.341 e. The van der Waals surface area contributed by atoms with Gasteiger partial charge in [-0.25, -0.2) is 4.79 Å². The van der Waals surface area contributed by atoms with E-state index in [1.807, 2.05) is 11.5 Å². The van der Waals surface area contributed by atoms with Gasteiger partial charge in [-0.1, -0.05) is 15.9 Å². The van der Waals surface area contributed by atoms with Crippen molar-refractivity contribution in [1.82, 2.24) is 29.5 Å². The number of esters is 2. The number of aryl methyl sites for hydroxylation is 2. The van der Waals surface area contributed by atoms with Crippen molar-refractivity contribution < 1.29 is 44.0 Å². The third kappa shape index (κ3) is 5.75. The van der Waals surface area contributed by atoms with Gasteiger partial charge < -0.3 is 24.8 Å². The number of ether oxygens (including phenoxy) is 2. The number of fused-ring (bicyclic) bond motifs is 1. The lowest BCUT2D eigenvalue weighted by molar-refractivity contribution is -0.149. The summed E-state index contributed by atoms with van der Waals surface area (Å²) < 4.78 is 13.3. The molecular weight excluding hydrogens is 732 g/mol. The first-order chi connectivity index (χ1) is 22.7. The highest BCUT2D eigenvalue weighted by Gasteiger charge is 2.59. The van der Waals surface area contributed by atoms with Crippen molar-refractivity contribution in [3.8, 4) is 5.00 Å². The first-order valence-electron chi connectivity index (χ1n) is 14.8. The average molecular weight is 768 g/mol. The third-order valence-corrected chi connectivity index (χ3v) is 12.5. The van der Waals surface area contributed by atoms with Gasteiger partial charge in [0.25, 0.3) is 0 Å². The predicted molar refractivity (Wildman–Crippen MR) is 176 cm³/mol. The molecule has 15 nitrogen and oxygen atoms in total. The van der Waals surface area contributed by atoms with Crippen LogP contribution in [-0.4, -0.2) is 82.9 Å². The number of thiophene rings is 1. The van der Waals surface area contributed by atoms with Crippen molar-refractivity contribution in [2.24, 2.45) is 16.7 Å². The summed E-state index contributed by atoms with van der Waals surface area (Å²) in [4.78, 5) is 49.8. The van der Waals surface area contributed by atoms with Gasteiger partial charge in [-0.2, -0.15) is 0 Å². The minimum atomic E-state index is -1.27. The van der Waals surface area contributed by atoms with E-state index in [-0.39, 0.29) is 24.9 Å². The first kappa shape index (κ1) is 35.7. The van der Waals surface area contributed by atoms with Crippen LogP contribution in [0.15, 0.2) is 10.5 Å². The topological polar surface area (TPSA) is 209 Å². The van der Waals surface area contributed by atoms with Crippen molar-refractivity contribution in [3.05, 3.63) is 49.8 Å². The fraction of sp³-hybridized carbons (Fsp3) is 0.533. The summed E-state index contributed by atoms with van der Waals surface area (Å²) >= 11 is 6.22. The lowest BCUT2D eigenvalue weighted by Gasteiger charge is -2.33. The zero-order valence-electron chi connectivity index (χ0n) is 27.1. The third-order valence-electron chi connectivity index (χ3n) is 9.20. The summed E-state index contributed by atoms with van der Waals surface area (Å²) in [6.45, 7) is 6.46. The van der Waals surface area contributed by atoms with E-state index in [2.05, 4.69) is 36.3 Å². The number of alkyl halides is 1. The zero-order chi connectivity index (χ0) is 35.3. The van der Waals surface area contributed by atoms with Crippen molar-refractivity contribution in [2.45, 2.75) is 70.7 Å². The first-order valence-corrected chi connectivity index (χ1v) is 17.6. The number of rotatable bonds is 8. The summed E-state index contributed by atoms with van der Waals surface area (Å²) in [5.74, 6) is -0.618. The molecule has 2 aliphatic carbocycles. The zero-order valence-corrected chi connectivity index (χ0v) is 30.3. The van der Waals surface area contributed by atoms with Crippen LogP contribution < -0.4 is 0 Å². The predicted octanol–water partition coefficient (Wildman–Crippen LogP) is 3.76. The van der Waals surface area contributed by atoms with Gasteiger partial charge >= 0.3 is 23.9 Å². The highest BCUT2D eigenvalue weighted by Crippen LogP contribution is 2.65. The largest absolute Gasteiger partial charge is 0.481 e. The Labute approximate surface area is 291 Å². The molecule has 18 heteroatoms. The number of aliphatic carboxylic acids is 2. The summed E-state index contributed by atoms with van der Waals surface area (Å²) in [6, 6.07) is 0. The molecule has 0 aromatic carbocycles. The maximum absolute atomic E-state index is 12.4. The number of halogens is 1. The number of thioether (sulfide) groups is 1. The number of aliphatic hydroxyl groups is 1. The van der Waals surface area contributed by atoms with Crippen LogP contribution in [0.5, 0.6) is 0 Å². The summed E-state index contributed by atoms with van der Waals surface area (Å²) in [5.41, 5.74) is -0.224. The van der Waals surface area contributed by atoms with E-state index in [1.165, 1.54) is 37.3 Å². The van der Waals surface area contributed by atoms with E-state index in [4.69, 9.17) is 9.47 Å². The Hall–Kier alpha value is -3.61. The number of methoxy groups -OCH3 is 2. The quantitative estimate of drug-likeness (QED) is 0.220. The number of aliphatic hydroxyl groups excluding tert-OH is 1. The van der Waals surface area contributed by atoms with Crippen LogP contribution in [0.4, 0.5) is 0 Å². The molecule has 4 heterocycles. The second-order valence-electron chi connectivity index (χ2n) is 12.2. The number of carboxylic acid groups (broad SMARTS) is 2. The molecule has 3 aromatic heterocycles. The SMILES string of the molecule is COC(=O)c1c(-n2c(C)nnc2CBr)sc2c1CC(C(=O)OC)C2.Cc1nnc(CO)n1C1SC2=C(CC(C)(C(=O)O)C2)C1(C)C(=O)O. The van der Waals surface area contributed by atoms with Gasteiger partial charge in [-0.15, -0.1) is 43.5 Å². The van der Waals surface area contributed by atoms with Crippen LogP contribution in [0.3, 0.4) is 0 Å². The van der Waals surface area contributed by atoms with Crippen LogP contribution in [0, 0.1) is 30.6 Å². The van der Waals surface area contributed by atoms with E-state index >= 15 is 0 Å². The van der Waals surface area contributed by atoms with E-state index in [0.29, 0.717) is 59.0 Å². The van der Waals surface area contributed by atoms with Crippen molar-refractivity contribution >= 4 is 62.9 Å². The molecule has 6 rings (SSSR count). The van der Waals surface area contributed by atoms with Gasteiger partial charge in [0.1, 0.15) is 39.9 Å². The summed E-state index contributed by atoms with van der Waals surface area (Å²) in [5, 5.41) is 45.7. The lowest BCUT2D eigenvalue weighted by atomic mass is 9.77. The van der Waals surface area contributed by atoms with Gasteiger partial charge in [0.2, 0.25) is 0 Å². The highest BCUT2D eigenvalue weighted by molar-refractivity contribution is 9.08. The minimum absolute atomic E-state index is 0.208. The van der Waals surface area contributed by atoms with Crippen LogP contribution in [0.1, 0.15) is 76.2 Å². The number of allylic oxidation sites excluding steroid dienone is 1. The number of aromatic nitrogens is 6. The Morgan fingerprint density at radius 2 is 1.62 bits per heavy atom. The molecule has 0 saturated heterocycles. The van der Waals surface area contributed by atoms with E-state index in [1.54, 1.807) is 25.3 Å². The Bertz CT molecular complexity index is 1850. The normalized spacial score (nSPS) is 24.2. The van der Waals surface area contributed by atoms with E-state index in [0.717, 1.165) is 20.3 Å². The minimum Gasteiger partial charge on any atom is -0.481 e. The standard InChI is InChI=1S/C15H16BrN3O4S.C15H19N3O5S/c1-7-17-18-11(6-16)19(7)13-12(15(21)23-3)9-4-8(14(20)22-2)5-10(9)24-13;1-7-16-17-10(6-19)18(7)11-15(3,13(22)23)8-4-14(2,12(20)21)5-9(8)24-11/h8H,4-6H2,1-3H3;11,19H,4-6H2,1-3H3,(H,20,21)(H,22,23). The number of hydrogen-bond acceptors (Lipinski definition) is 13. The Balaban J connectivity index is 0.000000188. The molecule has 258 valence electrons. The molecule has 0 spiro atoms.